The minimum Gasteiger partial charge on any atom is -0.492 e. The Bertz CT molecular complexity index is 1110. The molecule has 31 heavy (non-hydrogen) atoms. The van der Waals surface area contributed by atoms with Crippen molar-refractivity contribution < 1.29 is 27.4 Å². The van der Waals surface area contributed by atoms with Gasteiger partial charge in [-0.25, -0.2) is 4.39 Å². The number of hydrogen-bond donors (Lipinski definition) is 2. The highest BCUT2D eigenvalue weighted by Crippen LogP contribution is 2.45. The van der Waals surface area contributed by atoms with Crippen LogP contribution in [-0.2, 0) is 0 Å². The topological polar surface area (TPSA) is 54.4 Å². The zero-order valence-corrected chi connectivity index (χ0v) is 17.9. The van der Waals surface area contributed by atoms with Crippen molar-refractivity contribution >= 4 is 39.8 Å². The lowest BCUT2D eigenvalue weighted by Gasteiger charge is -2.38. The van der Waals surface area contributed by atoms with E-state index in [-0.39, 0.29) is 10.7 Å². The second-order valence-electron chi connectivity index (χ2n) is 6.94. The minimum atomic E-state index is -5.19. The van der Waals surface area contributed by atoms with Crippen molar-refractivity contribution in [3.63, 3.8) is 0 Å². The van der Waals surface area contributed by atoms with Crippen molar-refractivity contribution in [3.05, 3.63) is 64.6 Å². The number of pyridine rings is 1. The molecule has 0 aliphatic heterocycles. The second kappa shape index (κ2) is 8.68. The van der Waals surface area contributed by atoms with Crippen LogP contribution in [0.1, 0.15) is 17.3 Å². The molecule has 0 aliphatic carbocycles. The summed E-state index contributed by atoms with van der Waals surface area (Å²) in [4.78, 5) is 4.34. The lowest BCUT2D eigenvalue weighted by molar-refractivity contribution is -0.257. The van der Waals surface area contributed by atoms with Crippen molar-refractivity contribution in [1.29, 1.82) is 0 Å². The fourth-order valence-corrected chi connectivity index (χ4v) is 3.80. The highest BCUT2D eigenvalue weighted by atomic mass is 35.5. The van der Waals surface area contributed by atoms with Gasteiger partial charge in [0.2, 0.25) is 0 Å². The van der Waals surface area contributed by atoms with Crippen LogP contribution in [0.2, 0.25) is 5.02 Å². The zero-order valence-electron chi connectivity index (χ0n) is 16.4. The number of nitrogens with one attached hydrogen (secondary N) is 1. The fourth-order valence-electron chi connectivity index (χ4n) is 3.27. The molecule has 0 saturated heterocycles. The Morgan fingerprint density at radius 1 is 1.16 bits per heavy atom. The van der Waals surface area contributed by atoms with Gasteiger partial charge < -0.3 is 15.2 Å². The summed E-state index contributed by atoms with van der Waals surface area (Å²) >= 11 is 11.5. The molecule has 3 aromatic rings. The van der Waals surface area contributed by atoms with Gasteiger partial charge in [0.05, 0.1) is 29.6 Å². The van der Waals surface area contributed by atoms with Crippen LogP contribution in [0.3, 0.4) is 0 Å². The Balaban J connectivity index is 2.24. The first-order chi connectivity index (χ1) is 14.5. The molecule has 2 atom stereocenters. The van der Waals surface area contributed by atoms with E-state index in [9.17, 15) is 18.3 Å². The molecular formula is C21H18Cl2F4N2O2. The van der Waals surface area contributed by atoms with Crippen LogP contribution in [0.15, 0.2) is 42.5 Å². The fraction of sp³-hybridized carbons (Fsp3) is 0.286. The molecule has 2 aromatic carbocycles. The largest absolute Gasteiger partial charge is 0.492 e. The normalized spacial score (nSPS) is 14.9. The van der Waals surface area contributed by atoms with Gasteiger partial charge in [-0.1, -0.05) is 23.7 Å². The van der Waals surface area contributed by atoms with Crippen LogP contribution < -0.4 is 10.1 Å². The molecule has 0 aliphatic rings. The van der Waals surface area contributed by atoms with Crippen molar-refractivity contribution in [2.24, 2.45) is 0 Å². The van der Waals surface area contributed by atoms with E-state index < -0.39 is 40.8 Å². The Hall–Kier alpha value is -2.29. The Kier molecular flexibility index (Phi) is 6.55. The third kappa shape index (κ3) is 4.24. The van der Waals surface area contributed by atoms with Crippen LogP contribution in [-0.4, -0.2) is 34.9 Å². The number of hydrogen-bond acceptors (Lipinski definition) is 4. The number of alkyl halides is 4. The molecule has 2 N–H and O–H groups in total. The van der Waals surface area contributed by atoms with E-state index in [4.69, 9.17) is 27.9 Å². The first-order valence-corrected chi connectivity index (χ1v) is 9.94. The second-order valence-corrected chi connectivity index (χ2v) is 7.62. The summed E-state index contributed by atoms with van der Waals surface area (Å²) in [6, 6.07) is 8.34. The number of aromatic nitrogens is 1. The first-order valence-electron chi connectivity index (χ1n) is 9.03. The van der Waals surface area contributed by atoms with Crippen molar-refractivity contribution in [2.45, 2.75) is 24.7 Å². The summed E-state index contributed by atoms with van der Waals surface area (Å²) in [5.74, 6) is -2.84. The summed E-state index contributed by atoms with van der Waals surface area (Å²) in [6.07, 6.45) is -5.19. The number of ether oxygens (including phenoxy) is 1. The van der Waals surface area contributed by atoms with E-state index in [1.54, 1.807) is 31.2 Å². The van der Waals surface area contributed by atoms with Gasteiger partial charge in [0, 0.05) is 22.3 Å². The third-order valence-electron chi connectivity index (χ3n) is 4.94. The van der Waals surface area contributed by atoms with Gasteiger partial charge in [0.1, 0.15) is 0 Å². The Labute approximate surface area is 185 Å². The Morgan fingerprint density at radius 2 is 1.87 bits per heavy atom. The smallest absolute Gasteiger partial charge is 0.420 e. The molecule has 3 rings (SSSR count). The van der Waals surface area contributed by atoms with Crippen LogP contribution in [0, 0.1) is 12.7 Å². The summed E-state index contributed by atoms with van der Waals surface area (Å²) < 4.78 is 61.8. The molecule has 0 amide bonds. The monoisotopic (exact) mass is 476 g/mol. The van der Waals surface area contributed by atoms with Gasteiger partial charge in [-0.3, -0.25) is 4.98 Å². The quantitative estimate of drug-likeness (QED) is 0.336. The number of aliphatic hydroxyl groups is 1. The molecule has 1 heterocycles. The lowest BCUT2D eigenvalue weighted by atomic mass is 9.88. The molecule has 10 heteroatoms. The summed E-state index contributed by atoms with van der Waals surface area (Å²) in [5.41, 5.74) is -2.61. The maximum Gasteiger partial charge on any atom is 0.420 e. The average molecular weight is 477 g/mol. The van der Waals surface area contributed by atoms with E-state index in [0.29, 0.717) is 16.6 Å². The van der Waals surface area contributed by atoms with E-state index in [0.717, 1.165) is 13.2 Å². The molecule has 0 bridgehead atoms. The van der Waals surface area contributed by atoms with Crippen LogP contribution in [0.4, 0.5) is 23.2 Å². The van der Waals surface area contributed by atoms with Gasteiger partial charge in [0.25, 0.3) is 0 Å². The van der Waals surface area contributed by atoms with Crippen molar-refractivity contribution in [2.75, 3.05) is 18.3 Å². The van der Waals surface area contributed by atoms with Gasteiger partial charge in [-0.2, -0.15) is 13.2 Å². The highest BCUT2D eigenvalue weighted by molar-refractivity contribution is 6.32. The van der Waals surface area contributed by atoms with Gasteiger partial charge in [-0.15, -0.1) is 11.6 Å². The van der Waals surface area contributed by atoms with E-state index in [1.807, 2.05) is 0 Å². The van der Waals surface area contributed by atoms with Gasteiger partial charge in [-0.05, 0) is 37.3 Å². The number of halogens is 6. The highest BCUT2D eigenvalue weighted by Gasteiger charge is 2.59. The maximum absolute atomic E-state index is 15.1. The van der Waals surface area contributed by atoms with E-state index >= 15 is 4.39 Å². The number of methoxy groups -OCH3 is 1. The van der Waals surface area contributed by atoms with E-state index in [1.165, 1.54) is 12.1 Å². The zero-order chi connectivity index (χ0) is 23.0. The minimum absolute atomic E-state index is 0.131. The third-order valence-corrected chi connectivity index (χ3v) is 5.64. The molecule has 1 aromatic heterocycles. The number of fused-ring (bicyclic) bond motifs is 1. The maximum atomic E-state index is 15.1. The standard InChI is InChI=1S/C21H18Cl2F4N2O2/c1-11-6-7-12-15(28-11)4-3-5-16(12)29-19(20(30,10-22)21(25,26)27)13-8-9-14(23)18(31-2)17(13)24/h3-9,19,29-30H,10H2,1-2H3. The number of anilines is 1. The summed E-state index contributed by atoms with van der Waals surface area (Å²) in [6.45, 7) is 1.77. The van der Waals surface area contributed by atoms with Crippen LogP contribution >= 0.6 is 23.2 Å². The predicted octanol–water partition coefficient (Wildman–Crippen LogP) is 6.03. The van der Waals surface area contributed by atoms with Crippen LogP contribution in [0.25, 0.3) is 10.9 Å². The van der Waals surface area contributed by atoms with Gasteiger partial charge >= 0.3 is 6.18 Å². The Morgan fingerprint density at radius 3 is 2.48 bits per heavy atom. The molecule has 4 nitrogen and oxygen atoms in total. The average Bonchev–Trinajstić information content (AvgIpc) is 2.71. The molecule has 166 valence electrons. The van der Waals surface area contributed by atoms with Crippen molar-refractivity contribution in [3.8, 4) is 5.75 Å². The molecule has 0 fully saturated rings. The summed E-state index contributed by atoms with van der Waals surface area (Å²) in [7, 11) is 1.13. The molecular weight excluding hydrogens is 459 g/mol. The number of rotatable bonds is 6. The SMILES string of the molecule is COc1c(Cl)ccc(C(Nc2cccc3nc(C)ccc23)C(O)(CCl)C(F)(F)F)c1F. The van der Waals surface area contributed by atoms with Gasteiger partial charge in [0.15, 0.2) is 17.2 Å². The molecule has 2 unspecified atom stereocenters. The summed E-state index contributed by atoms with van der Waals surface area (Å²) in [5, 5.41) is 13.6. The number of nitrogens with zero attached hydrogens (tertiary/aromatic N) is 1. The molecule has 0 saturated carbocycles. The predicted molar refractivity (Wildman–Crippen MR) is 113 cm³/mol. The van der Waals surface area contributed by atoms with E-state index in [2.05, 4.69) is 10.3 Å². The lowest BCUT2D eigenvalue weighted by Crippen LogP contribution is -2.54. The molecule has 0 radical (unpaired) electrons. The first kappa shape index (κ1) is 23.4. The molecule has 0 spiro atoms. The van der Waals surface area contributed by atoms with Crippen molar-refractivity contribution in [1.82, 2.24) is 4.98 Å². The number of benzene rings is 2. The number of aryl methyl sites for hydroxylation is 1. The van der Waals surface area contributed by atoms with Crippen LogP contribution in [0.5, 0.6) is 5.75 Å².